The van der Waals surface area contributed by atoms with Gasteiger partial charge in [0.2, 0.25) is 0 Å². The van der Waals surface area contributed by atoms with E-state index in [1.54, 1.807) is 33.9 Å². The standard InChI is InChI=1S/C16H18N4O3/c1-9-13(10-6-5-7-12-11(10)8-17-19-12)14(20-23-9)18-15(21)22-16(2,3)4/h5-8H,1-4H3,(H,17,19)(H,18,20,21). The first kappa shape index (κ1) is 15.1. The normalized spacial score (nSPS) is 11.7. The summed E-state index contributed by atoms with van der Waals surface area (Å²) in [5.41, 5.74) is 1.89. The highest BCUT2D eigenvalue weighted by molar-refractivity contribution is 6.00. The number of hydrogen-bond acceptors (Lipinski definition) is 5. The minimum absolute atomic E-state index is 0.324. The number of rotatable bonds is 2. The number of aromatic amines is 1. The zero-order chi connectivity index (χ0) is 16.6. The highest BCUT2D eigenvalue weighted by atomic mass is 16.6. The summed E-state index contributed by atoms with van der Waals surface area (Å²) in [5.74, 6) is 0.926. The van der Waals surface area contributed by atoms with E-state index in [2.05, 4.69) is 20.7 Å². The molecule has 3 rings (SSSR count). The zero-order valence-electron chi connectivity index (χ0n) is 13.4. The molecular weight excluding hydrogens is 296 g/mol. The highest BCUT2D eigenvalue weighted by Gasteiger charge is 2.22. The van der Waals surface area contributed by atoms with Crippen molar-refractivity contribution in [3.8, 4) is 11.1 Å². The fourth-order valence-electron chi connectivity index (χ4n) is 2.36. The third-order valence-electron chi connectivity index (χ3n) is 3.24. The minimum atomic E-state index is -0.590. The predicted octanol–water partition coefficient (Wildman–Crippen LogP) is 3.87. The van der Waals surface area contributed by atoms with Crippen LogP contribution in [0, 0.1) is 6.92 Å². The quantitative estimate of drug-likeness (QED) is 0.749. The maximum Gasteiger partial charge on any atom is 0.413 e. The van der Waals surface area contributed by atoms with Crippen molar-refractivity contribution in [1.82, 2.24) is 15.4 Å². The Hall–Kier alpha value is -2.83. The number of benzene rings is 1. The third kappa shape index (κ3) is 3.03. The number of amides is 1. The van der Waals surface area contributed by atoms with Crippen LogP contribution in [-0.4, -0.2) is 27.0 Å². The molecule has 0 saturated heterocycles. The molecule has 0 unspecified atom stereocenters. The summed E-state index contributed by atoms with van der Waals surface area (Å²) < 4.78 is 10.5. The summed E-state index contributed by atoms with van der Waals surface area (Å²) in [6, 6.07) is 5.76. The molecule has 0 spiro atoms. The van der Waals surface area contributed by atoms with Gasteiger partial charge in [0.15, 0.2) is 5.82 Å². The van der Waals surface area contributed by atoms with Crippen molar-refractivity contribution in [1.29, 1.82) is 0 Å². The Morgan fingerprint density at radius 1 is 1.35 bits per heavy atom. The van der Waals surface area contributed by atoms with Crippen molar-refractivity contribution < 1.29 is 14.1 Å². The Balaban J connectivity index is 2.00. The number of nitrogens with one attached hydrogen (secondary N) is 2. The van der Waals surface area contributed by atoms with Crippen LogP contribution in [0.15, 0.2) is 28.9 Å². The number of carbonyl (C=O) groups excluding carboxylic acids is 1. The molecule has 3 aromatic rings. The lowest BCUT2D eigenvalue weighted by molar-refractivity contribution is 0.0634. The van der Waals surface area contributed by atoms with Crippen LogP contribution >= 0.6 is 0 Å². The van der Waals surface area contributed by atoms with Crippen LogP contribution in [0.2, 0.25) is 0 Å². The van der Waals surface area contributed by atoms with Gasteiger partial charge >= 0.3 is 6.09 Å². The van der Waals surface area contributed by atoms with Gasteiger partial charge in [-0.05, 0) is 39.3 Å². The lowest BCUT2D eigenvalue weighted by Gasteiger charge is -2.19. The number of nitrogens with zero attached hydrogens (tertiary/aromatic N) is 2. The summed E-state index contributed by atoms with van der Waals surface area (Å²) >= 11 is 0. The molecule has 23 heavy (non-hydrogen) atoms. The van der Waals surface area contributed by atoms with Gasteiger partial charge in [-0.3, -0.25) is 10.4 Å². The van der Waals surface area contributed by atoms with Crippen molar-refractivity contribution >= 4 is 22.8 Å². The fourth-order valence-corrected chi connectivity index (χ4v) is 2.36. The molecule has 0 aliphatic rings. The van der Waals surface area contributed by atoms with Crippen LogP contribution in [0.4, 0.5) is 10.6 Å². The molecule has 0 aliphatic carbocycles. The lowest BCUT2D eigenvalue weighted by atomic mass is 10.0. The SMILES string of the molecule is Cc1onc(NC(=O)OC(C)(C)C)c1-c1cccc2[nH]ncc12. The van der Waals surface area contributed by atoms with Crippen molar-refractivity contribution in [3.63, 3.8) is 0 Å². The molecule has 0 bridgehead atoms. The molecule has 0 fully saturated rings. The van der Waals surface area contributed by atoms with Gasteiger partial charge in [-0.2, -0.15) is 5.10 Å². The smallest absolute Gasteiger partial charge is 0.413 e. The van der Waals surface area contributed by atoms with E-state index < -0.39 is 11.7 Å². The first-order valence-corrected chi connectivity index (χ1v) is 7.24. The molecule has 7 heteroatoms. The lowest BCUT2D eigenvalue weighted by Crippen LogP contribution is -2.27. The number of hydrogen-bond donors (Lipinski definition) is 2. The maximum atomic E-state index is 12.0. The molecule has 2 aromatic heterocycles. The maximum absolute atomic E-state index is 12.0. The van der Waals surface area contributed by atoms with Crippen LogP contribution in [0.3, 0.4) is 0 Å². The average molecular weight is 314 g/mol. The molecule has 1 amide bonds. The van der Waals surface area contributed by atoms with E-state index in [1.807, 2.05) is 18.2 Å². The number of H-pyrrole nitrogens is 1. The van der Waals surface area contributed by atoms with Crippen molar-refractivity contribution in [2.45, 2.75) is 33.3 Å². The molecule has 2 N–H and O–H groups in total. The van der Waals surface area contributed by atoms with Crippen LogP contribution in [0.1, 0.15) is 26.5 Å². The molecule has 1 aromatic carbocycles. The van der Waals surface area contributed by atoms with E-state index in [1.165, 1.54) is 0 Å². The largest absolute Gasteiger partial charge is 0.444 e. The number of ether oxygens (including phenoxy) is 1. The summed E-state index contributed by atoms with van der Waals surface area (Å²) in [4.78, 5) is 12.0. The highest BCUT2D eigenvalue weighted by Crippen LogP contribution is 2.35. The van der Waals surface area contributed by atoms with Crippen molar-refractivity contribution in [2.24, 2.45) is 0 Å². The van der Waals surface area contributed by atoms with Gasteiger partial charge in [0.05, 0.1) is 17.3 Å². The Bertz CT molecular complexity index is 858. The zero-order valence-corrected chi connectivity index (χ0v) is 13.4. The minimum Gasteiger partial charge on any atom is -0.444 e. The Morgan fingerprint density at radius 2 is 2.13 bits per heavy atom. The summed E-state index contributed by atoms with van der Waals surface area (Å²) in [6.07, 6.45) is 1.15. The summed E-state index contributed by atoms with van der Waals surface area (Å²) in [7, 11) is 0. The van der Waals surface area contributed by atoms with E-state index in [9.17, 15) is 4.79 Å². The number of aryl methyl sites for hydroxylation is 1. The van der Waals surface area contributed by atoms with Gasteiger partial charge in [0.25, 0.3) is 0 Å². The second-order valence-electron chi connectivity index (χ2n) is 6.23. The van der Waals surface area contributed by atoms with Crippen LogP contribution in [0.25, 0.3) is 22.0 Å². The number of carbonyl (C=O) groups is 1. The van der Waals surface area contributed by atoms with E-state index in [-0.39, 0.29) is 0 Å². The van der Waals surface area contributed by atoms with Gasteiger partial charge < -0.3 is 9.26 Å². The number of aromatic nitrogens is 3. The third-order valence-corrected chi connectivity index (χ3v) is 3.24. The molecule has 7 nitrogen and oxygen atoms in total. The molecule has 0 radical (unpaired) electrons. The monoisotopic (exact) mass is 314 g/mol. The van der Waals surface area contributed by atoms with Gasteiger partial charge in [0.1, 0.15) is 11.4 Å². The summed E-state index contributed by atoms with van der Waals surface area (Å²) in [5, 5.41) is 14.5. The topological polar surface area (TPSA) is 93.0 Å². The Morgan fingerprint density at radius 3 is 2.87 bits per heavy atom. The molecule has 0 saturated carbocycles. The molecule has 0 atom stereocenters. The first-order valence-electron chi connectivity index (χ1n) is 7.24. The second-order valence-corrected chi connectivity index (χ2v) is 6.23. The van der Waals surface area contributed by atoms with Crippen molar-refractivity contribution in [3.05, 3.63) is 30.2 Å². The van der Waals surface area contributed by atoms with Gasteiger partial charge in [0, 0.05) is 5.39 Å². The second kappa shape index (κ2) is 5.42. The van der Waals surface area contributed by atoms with E-state index in [4.69, 9.17) is 9.26 Å². The van der Waals surface area contributed by atoms with Gasteiger partial charge in [-0.15, -0.1) is 0 Å². The fraction of sp³-hybridized carbons (Fsp3) is 0.312. The molecule has 2 heterocycles. The predicted molar refractivity (Wildman–Crippen MR) is 86.2 cm³/mol. The van der Waals surface area contributed by atoms with E-state index >= 15 is 0 Å². The van der Waals surface area contributed by atoms with Crippen LogP contribution in [-0.2, 0) is 4.74 Å². The van der Waals surface area contributed by atoms with E-state index in [0.29, 0.717) is 17.1 Å². The van der Waals surface area contributed by atoms with Gasteiger partial charge in [-0.1, -0.05) is 17.3 Å². The first-order chi connectivity index (χ1) is 10.8. The molecule has 0 aliphatic heterocycles. The molecular formula is C16H18N4O3. The molecule has 120 valence electrons. The number of anilines is 1. The summed E-state index contributed by atoms with van der Waals surface area (Å²) in [6.45, 7) is 7.19. The number of fused-ring (bicyclic) bond motifs is 1. The Kier molecular flexibility index (Phi) is 3.55. The van der Waals surface area contributed by atoms with Crippen LogP contribution < -0.4 is 5.32 Å². The van der Waals surface area contributed by atoms with Gasteiger partial charge in [-0.25, -0.2) is 4.79 Å². The van der Waals surface area contributed by atoms with E-state index in [0.717, 1.165) is 16.5 Å². The average Bonchev–Trinajstić information content (AvgIpc) is 3.03. The van der Waals surface area contributed by atoms with Crippen molar-refractivity contribution in [2.75, 3.05) is 5.32 Å². The van der Waals surface area contributed by atoms with Crippen LogP contribution in [0.5, 0.6) is 0 Å². The Labute approximate surface area is 133 Å².